The summed E-state index contributed by atoms with van der Waals surface area (Å²) >= 11 is 3.12. The number of thioether (sulfide) groups is 1. The quantitative estimate of drug-likeness (QED) is 0.508. The number of amides is 1. The molecule has 158 valence electrons. The number of hydrogen-bond donors (Lipinski definition) is 0. The number of aromatic nitrogens is 2. The van der Waals surface area contributed by atoms with Gasteiger partial charge in [-0.2, -0.15) is 0 Å². The smallest absolute Gasteiger partial charge is 0.233 e. The molecule has 1 unspecified atom stereocenters. The monoisotopic (exact) mass is 453 g/mol. The fourth-order valence-corrected chi connectivity index (χ4v) is 8.36. The lowest BCUT2D eigenvalue weighted by atomic mass is 10.1. The van der Waals surface area contributed by atoms with E-state index in [9.17, 15) is 13.2 Å². The number of nitrogens with zero attached hydrogens (tertiary/aromatic N) is 3. The Morgan fingerprint density at radius 3 is 2.52 bits per heavy atom. The fourth-order valence-electron chi connectivity index (χ4n) is 4.51. The predicted molar refractivity (Wildman–Crippen MR) is 119 cm³/mol. The maximum absolute atomic E-state index is 13.3. The molecule has 1 aliphatic heterocycles. The standard InChI is InChI=1S/C20H27N3O3S3/c1-12-13(2)28-20-18(12)19(21-14(3)22-20)27-10-17(24)23(15-6-4-5-7-15)16-8-9-29(25,26)11-16/h15-16H,4-11H2,1-3H3. The highest BCUT2D eigenvalue weighted by Gasteiger charge is 2.39. The molecule has 29 heavy (non-hydrogen) atoms. The highest BCUT2D eigenvalue weighted by atomic mass is 32.2. The van der Waals surface area contributed by atoms with Crippen molar-refractivity contribution in [2.75, 3.05) is 17.3 Å². The molecular formula is C20H27N3O3S3. The molecule has 9 heteroatoms. The van der Waals surface area contributed by atoms with Gasteiger partial charge in [-0.05, 0) is 45.6 Å². The minimum Gasteiger partial charge on any atom is -0.335 e. The Balaban J connectivity index is 1.56. The molecule has 1 atom stereocenters. The first-order valence-corrected chi connectivity index (χ1v) is 13.8. The lowest BCUT2D eigenvalue weighted by molar-refractivity contribution is -0.132. The van der Waals surface area contributed by atoms with E-state index in [1.165, 1.54) is 22.2 Å². The van der Waals surface area contributed by atoms with Crippen LogP contribution in [0.25, 0.3) is 10.2 Å². The van der Waals surface area contributed by atoms with Crippen LogP contribution in [0.5, 0.6) is 0 Å². The van der Waals surface area contributed by atoms with Crippen molar-refractivity contribution in [3.8, 4) is 0 Å². The number of thiophene rings is 1. The molecule has 2 fully saturated rings. The first-order chi connectivity index (χ1) is 13.7. The molecule has 4 rings (SSSR count). The van der Waals surface area contributed by atoms with Gasteiger partial charge in [0.2, 0.25) is 5.91 Å². The van der Waals surface area contributed by atoms with Crippen LogP contribution in [0.4, 0.5) is 0 Å². The van der Waals surface area contributed by atoms with Crippen LogP contribution in [0.1, 0.15) is 48.4 Å². The summed E-state index contributed by atoms with van der Waals surface area (Å²) in [6, 6.07) is 0.00663. The number of hydrogen-bond acceptors (Lipinski definition) is 7. The van der Waals surface area contributed by atoms with E-state index in [0.29, 0.717) is 12.2 Å². The molecule has 0 N–H and O–H groups in total. The van der Waals surface area contributed by atoms with Crippen LogP contribution >= 0.6 is 23.1 Å². The van der Waals surface area contributed by atoms with Crippen LogP contribution < -0.4 is 0 Å². The second-order valence-electron chi connectivity index (χ2n) is 8.12. The molecule has 2 aromatic rings. The van der Waals surface area contributed by atoms with E-state index in [4.69, 9.17) is 0 Å². The van der Waals surface area contributed by atoms with E-state index in [2.05, 4.69) is 23.8 Å². The third-order valence-electron chi connectivity index (χ3n) is 6.05. The Kier molecular flexibility index (Phi) is 5.92. The Hall–Kier alpha value is -1.19. The summed E-state index contributed by atoms with van der Waals surface area (Å²) in [7, 11) is -3.03. The van der Waals surface area contributed by atoms with Crippen molar-refractivity contribution in [3.05, 3.63) is 16.3 Å². The first-order valence-electron chi connectivity index (χ1n) is 10.1. The molecule has 0 bridgehead atoms. The highest BCUT2D eigenvalue weighted by Crippen LogP contribution is 2.36. The molecule has 0 radical (unpaired) electrons. The zero-order chi connectivity index (χ0) is 20.8. The van der Waals surface area contributed by atoms with E-state index >= 15 is 0 Å². The molecule has 2 aromatic heterocycles. The Morgan fingerprint density at radius 2 is 1.86 bits per heavy atom. The van der Waals surface area contributed by atoms with Gasteiger partial charge in [0.15, 0.2) is 9.84 Å². The van der Waals surface area contributed by atoms with Crippen molar-refractivity contribution >= 4 is 49.1 Å². The van der Waals surface area contributed by atoms with Crippen molar-refractivity contribution in [2.45, 2.75) is 70.0 Å². The van der Waals surface area contributed by atoms with Crippen molar-refractivity contribution in [2.24, 2.45) is 0 Å². The molecule has 1 saturated heterocycles. The molecule has 1 amide bonds. The van der Waals surface area contributed by atoms with Gasteiger partial charge in [0, 0.05) is 22.3 Å². The third kappa shape index (κ3) is 4.32. The minimum absolute atomic E-state index is 0.0398. The summed E-state index contributed by atoms with van der Waals surface area (Å²) < 4.78 is 24.1. The second-order valence-corrected chi connectivity index (χ2v) is 12.5. The SMILES string of the molecule is Cc1nc(SCC(=O)N(C2CCCC2)C2CCS(=O)(=O)C2)c2c(C)c(C)sc2n1. The number of carbonyl (C=O) groups is 1. The largest absolute Gasteiger partial charge is 0.335 e. The van der Waals surface area contributed by atoms with E-state index in [0.717, 1.165) is 40.9 Å². The molecule has 6 nitrogen and oxygen atoms in total. The predicted octanol–water partition coefficient (Wildman–Crippen LogP) is 3.67. The van der Waals surface area contributed by atoms with Crippen molar-refractivity contribution in [1.29, 1.82) is 0 Å². The number of carbonyl (C=O) groups excluding carboxylic acids is 1. The van der Waals surface area contributed by atoms with Gasteiger partial charge >= 0.3 is 0 Å². The van der Waals surface area contributed by atoms with Crippen LogP contribution in [0, 0.1) is 20.8 Å². The number of aryl methyl sites for hydroxylation is 3. The normalized spacial score (nSPS) is 21.8. The summed E-state index contributed by atoms with van der Waals surface area (Å²) in [5.74, 6) is 1.34. The van der Waals surface area contributed by atoms with Crippen LogP contribution in [0.15, 0.2) is 5.03 Å². The van der Waals surface area contributed by atoms with Gasteiger partial charge in [-0.15, -0.1) is 11.3 Å². The van der Waals surface area contributed by atoms with E-state index in [1.807, 2.05) is 11.8 Å². The lowest BCUT2D eigenvalue weighted by Gasteiger charge is -2.34. The topological polar surface area (TPSA) is 80.2 Å². The van der Waals surface area contributed by atoms with Gasteiger partial charge in [0.05, 0.1) is 17.3 Å². The summed E-state index contributed by atoms with van der Waals surface area (Å²) in [6.45, 7) is 6.04. The average Bonchev–Trinajstić information content (AvgIpc) is 3.35. The first kappa shape index (κ1) is 21.1. The number of fused-ring (bicyclic) bond motifs is 1. The molecule has 0 spiro atoms. The minimum atomic E-state index is -3.03. The van der Waals surface area contributed by atoms with Crippen LogP contribution in [-0.2, 0) is 14.6 Å². The van der Waals surface area contributed by atoms with E-state index < -0.39 is 9.84 Å². The summed E-state index contributed by atoms with van der Waals surface area (Å²) in [4.78, 5) is 26.6. The van der Waals surface area contributed by atoms with Gasteiger partial charge in [-0.1, -0.05) is 24.6 Å². The molecule has 1 saturated carbocycles. The van der Waals surface area contributed by atoms with Gasteiger partial charge < -0.3 is 4.90 Å². The van der Waals surface area contributed by atoms with Gasteiger partial charge in [-0.25, -0.2) is 18.4 Å². The van der Waals surface area contributed by atoms with Crippen molar-refractivity contribution < 1.29 is 13.2 Å². The molecule has 0 aromatic carbocycles. The van der Waals surface area contributed by atoms with Gasteiger partial charge in [-0.3, -0.25) is 4.79 Å². The summed E-state index contributed by atoms with van der Waals surface area (Å²) in [5, 5.41) is 1.90. The highest BCUT2D eigenvalue weighted by molar-refractivity contribution is 8.00. The maximum atomic E-state index is 13.3. The maximum Gasteiger partial charge on any atom is 0.233 e. The second kappa shape index (κ2) is 8.15. The average molecular weight is 454 g/mol. The number of sulfone groups is 1. The van der Waals surface area contributed by atoms with Crippen LogP contribution in [0.3, 0.4) is 0 Å². The zero-order valence-electron chi connectivity index (χ0n) is 17.1. The molecule has 2 aliphatic rings. The Labute approximate surface area is 180 Å². The Morgan fingerprint density at radius 1 is 1.14 bits per heavy atom. The zero-order valence-corrected chi connectivity index (χ0v) is 19.6. The van der Waals surface area contributed by atoms with Crippen LogP contribution in [0.2, 0.25) is 0 Å². The van der Waals surface area contributed by atoms with Gasteiger partial charge in [0.1, 0.15) is 15.7 Å². The lowest BCUT2D eigenvalue weighted by Crippen LogP contribution is -2.47. The van der Waals surface area contributed by atoms with E-state index in [-0.39, 0.29) is 35.2 Å². The van der Waals surface area contributed by atoms with Gasteiger partial charge in [0.25, 0.3) is 0 Å². The number of rotatable bonds is 5. The fraction of sp³-hybridized carbons (Fsp3) is 0.650. The Bertz CT molecular complexity index is 1040. The van der Waals surface area contributed by atoms with Crippen molar-refractivity contribution in [1.82, 2.24) is 14.9 Å². The molecule has 1 aliphatic carbocycles. The molecule has 3 heterocycles. The summed E-state index contributed by atoms with van der Waals surface area (Å²) in [6.07, 6.45) is 4.74. The molecular weight excluding hydrogens is 426 g/mol. The third-order valence-corrected chi connectivity index (χ3v) is 9.86. The summed E-state index contributed by atoms with van der Waals surface area (Å²) in [5.41, 5.74) is 1.18. The van der Waals surface area contributed by atoms with Crippen molar-refractivity contribution in [3.63, 3.8) is 0 Å². The van der Waals surface area contributed by atoms with E-state index in [1.54, 1.807) is 11.3 Å². The van der Waals surface area contributed by atoms with Crippen LogP contribution in [-0.4, -0.2) is 58.5 Å².